The van der Waals surface area contributed by atoms with Gasteiger partial charge in [-0.05, 0) is 25.0 Å². The van der Waals surface area contributed by atoms with Crippen LogP contribution in [0.3, 0.4) is 0 Å². The molecule has 1 rings (SSSR count). The summed E-state index contributed by atoms with van der Waals surface area (Å²) >= 11 is 0. The zero-order valence-corrected chi connectivity index (χ0v) is 12.3. The van der Waals surface area contributed by atoms with Crippen molar-refractivity contribution in [3.05, 3.63) is 23.5 Å². The molecule has 1 aromatic rings. The Labute approximate surface area is 119 Å². The molecule has 0 saturated heterocycles. The summed E-state index contributed by atoms with van der Waals surface area (Å²) in [5.41, 5.74) is 1.58. The van der Waals surface area contributed by atoms with Crippen molar-refractivity contribution in [1.29, 1.82) is 0 Å². The van der Waals surface area contributed by atoms with Gasteiger partial charge in [0, 0.05) is 25.3 Å². The maximum Gasteiger partial charge on any atom is 0.305 e. The Bertz CT molecular complexity index is 426. The Hall–Kier alpha value is -1.62. The number of aromatic nitrogens is 1. The molecule has 0 aliphatic rings. The first-order valence-corrected chi connectivity index (χ1v) is 7.01. The monoisotopic (exact) mass is 281 g/mol. The molecule has 0 N–H and O–H groups in total. The third-order valence-electron chi connectivity index (χ3n) is 3.11. The Morgan fingerprint density at radius 2 is 2.15 bits per heavy atom. The van der Waals surface area contributed by atoms with Crippen LogP contribution in [-0.4, -0.2) is 30.5 Å². The highest BCUT2D eigenvalue weighted by Gasteiger charge is 2.09. The quantitative estimate of drug-likeness (QED) is 0.376. The van der Waals surface area contributed by atoms with Gasteiger partial charge in [0.05, 0.1) is 19.4 Å². The molecular weight excluding hydrogens is 258 g/mol. The molecule has 0 radical (unpaired) electrons. The lowest BCUT2D eigenvalue weighted by Gasteiger charge is -2.11. The summed E-state index contributed by atoms with van der Waals surface area (Å²) in [5, 5.41) is 0. The lowest BCUT2D eigenvalue weighted by atomic mass is 10.3. The minimum atomic E-state index is -0.231. The van der Waals surface area contributed by atoms with Gasteiger partial charge in [0.15, 0.2) is 6.29 Å². The van der Waals surface area contributed by atoms with E-state index in [1.165, 1.54) is 7.11 Å². The van der Waals surface area contributed by atoms with Crippen molar-refractivity contribution in [3.63, 3.8) is 0 Å². The average Bonchev–Trinajstić information content (AvgIpc) is 2.85. The Morgan fingerprint density at radius 1 is 1.35 bits per heavy atom. The molecule has 0 atom stereocenters. The fourth-order valence-electron chi connectivity index (χ4n) is 1.94. The van der Waals surface area contributed by atoms with Gasteiger partial charge >= 0.3 is 5.97 Å². The van der Waals surface area contributed by atoms with E-state index in [2.05, 4.69) is 11.7 Å². The molecule has 0 fully saturated rings. The summed E-state index contributed by atoms with van der Waals surface area (Å²) in [7, 11) is 1.38. The number of nitrogens with zero attached hydrogens (tertiary/aromatic N) is 1. The van der Waals surface area contributed by atoms with E-state index in [0.29, 0.717) is 31.7 Å². The predicted molar refractivity (Wildman–Crippen MR) is 75.6 cm³/mol. The van der Waals surface area contributed by atoms with Gasteiger partial charge in [-0.25, -0.2) is 0 Å². The van der Waals surface area contributed by atoms with Gasteiger partial charge in [-0.1, -0.05) is 13.3 Å². The number of carbonyl (C=O) groups excluding carboxylic acids is 2. The fraction of sp³-hybridized carbons (Fsp3) is 0.600. The first kappa shape index (κ1) is 16.4. The molecular formula is C15H23NO4. The lowest BCUT2D eigenvalue weighted by molar-refractivity contribution is -0.140. The van der Waals surface area contributed by atoms with E-state index in [4.69, 9.17) is 4.74 Å². The van der Waals surface area contributed by atoms with E-state index >= 15 is 0 Å². The van der Waals surface area contributed by atoms with Crippen molar-refractivity contribution in [2.75, 3.05) is 13.7 Å². The molecule has 112 valence electrons. The number of rotatable bonds is 10. The number of carbonyl (C=O) groups is 2. The molecule has 0 aliphatic carbocycles. The van der Waals surface area contributed by atoms with Crippen molar-refractivity contribution in [1.82, 2.24) is 4.57 Å². The normalized spacial score (nSPS) is 10.5. The Balaban J connectivity index is 2.54. The molecule has 5 nitrogen and oxygen atoms in total. The van der Waals surface area contributed by atoms with Crippen molar-refractivity contribution in [3.8, 4) is 0 Å². The number of hydrogen-bond acceptors (Lipinski definition) is 4. The largest absolute Gasteiger partial charge is 0.469 e. The smallest absolute Gasteiger partial charge is 0.305 e. The number of hydrogen-bond donors (Lipinski definition) is 0. The number of unbranched alkanes of at least 4 members (excludes halogenated alkanes) is 1. The van der Waals surface area contributed by atoms with E-state index in [-0.39, 0.29) is 5.97 Å². The minimum absolute atomic E-state index is 0.231. The van der Waals surface area contributed by atoms with Crippen LogP contribution >= 0.6 is 0 Å². The third kappa shape index (κ3) is 5.17. The van der Waals surface area contributed by atoms with Crippen molar-refractivity contribution < 1.29 is 19.1 Å². The van der Waals surface area contributed by atoms with Gasteiger partial charge in [0.2, 0.25) is 0 Å². The lowest BCUT2D eigenvalue weighted by Crippen LogP contribution is -2.10. The van der Waals surface area contributed by atoms with Crippen molar-refractivity contribution >= 4 is 12.3 Å². The third-order valence-corrected chi connectivity index (χ3v) is 3.11. The van der Waals surface area contributed by atoms with Crippen LogP contribution in [0.4, 0.5) is 0 Å². The van der Waals surface area contributed by atoms with Crippen molar-refractivity contribution in [2.45, 2.75) is 45.8 Å². The maximum atomic E-state index is 11.1. The topological polar surface area (TPSA) is 57.5 Å². The first-order valence-electron chi connectivity index (χ1n) is 7.01. The number of methoxy groups -OCH3 is 1. The zero-order chi connectivity index (χ0) is 14.8. The molecule has 0 unspecified atom stereocenters. The van der Waals surface area contributed by atoms with Crippen LogP contribution in [0.2, 0.25) is 0 Å². The number of ether oxygens (including phenoxy) is 2. The average molecular weight is 281 g/mol. The number of esters is 1. The first-order chi connectivity index (χ1) is 9.72. The van der Waals surface area contributed by atoms with Gasteiger partial charge in [-0.2, -0.15) is 0 Å². The molecule has 0 amide bonds. The van der Waals surface area contributed by atoms with Crippen LogP contribution in [0.25, 0.3) is 0 Å². The second kappa shape index (κ2) is 9.31. The van der Waals surface area contributed by atoms with Crippen molar-refractivity contribution in [2.24, 2.45) is 0 Å². The Morgan fingerprint density at radius 3 is 2.80 bits per heavy atom. The summed E-state index contributed by atoms with van der Waals surface area (Å²) in [6.45, 7) is 3.94. The van der Waals surface area contributed by atoms with E-state index in [1.54, 1.807) is 6.07 Å². The van der Waals surface area contributed by atoms with Gasteiger partial charge in [0.1, 0.15) is 0 Å². The van der Waals surface area contributed by atoms with Crippen LogP contribution < -0.4 is 0 Å². The van der Waals surface area contributed by atoms with Gasteiger partial charge in [-0.15, -0.1) is 0 Å². The molecule has 0 saturated carbocycles. The SMILES string of the molecule is CCCCOCc1ccc(C=O)n1CCCC(=O)OC. The van der Waals surface area contributed by atoms with E-state index in [9.17, 15) is 9.59 Å². The van der Waals surface area contributed by atoms with Gasteiger partial charge < -0.3 is 14.0 Å². The molecule has 20 heavy (non-hydrogen) atoms. The van der Waals surface area contributed by atoms with Gasteiger partial charge in [0.25, 0.3) is 0 Å². The Kier molecular flexibility index (Phi) is 7.65. The highest BCUT2D eigenvalue weighted by molar-refractivity contribution is 5.72. The summed E-state index contributed by atoms with van der Waals surface area (Å²) < 4.78 is 12.1. The maximum absolute atomic E-state index is 11.1. The predicted octanol–water partition coefficient (Wildman–Crippen LogP) is 2.57. The van der Waals surface area contributed by atoms with Crippen LogP contribution in [0.5, 0.6) is 0 Å². The van der Waals surface area contributed by atoms with E-state index in [0.717, 1.165) is 31.4 Å². The molecule has 0 aliphatic heterocycles. The van der Waals surface area contributed by atoms with Crippen LogP contribution in [0.1, 0.15) is 48.8 Å². The van der Waals surface area contributed by atoms with Gasteiger partial charge in [-0.3, -0.25) is 9.59 Å². The van der Waals surface area contributed by atoms with E-state index < -0.39 is 0 Å². The standard InChI is InChI=1S/C15H23NO4/c1-3-4-10-20-12-14-8-7-13(11-17)16(14)9-5-6-15(18)19-2/h7-8,11H,3-6,9-10,12H2,1-2H3. The van der Waals surface area contributed by atoms with Crippen LogP contribution in [-0.2, 0) is 27.4 Å². The molecule has 1 heterocycles. The van der Waals surface area contributed by atoms with E-state index in [1.807, 2.05) is 10.6 Å². The van der Waals surface area contributed by atoms with Crippen LogP contribution in [0, 0.1) is 0 Å². The summed E-state index contributed by atoms with van der Waals surface area (Å²) in [6, 6.07) is 3.68. The second-order valence-electron chi connectivity index (χ2n) is 4.60. The zero-order valence-electron chi connectivity index (χ0n) is 12.3. The van der Waals surface area contributed by atoms with Crippen LogP contribution in [0.15, 0.2) is 12.1 Å². The highest BCUT2D eigenvalue weighted by Crippen LogP contribution is 2.11. The number of aldehydes is 1. The fourth-order valence-corrected chi connectivity index (χ4v) is 1.94. The highest BCUT2D eigenvalue weighted by atomic mass is 16.5. The summed E-state index contributed by atoms with van der Waals surface area (Å²) in [6.07, 6.45) is 3.95. The molecule has 0 aromatic carbocycles. The minimum Gasteiger partial charge on any atom is -0.469 e. The summed E-state index contributed by atoms with van der Waals surface area (Å²) in [5.74, 6) is -0.231. The molecule has 5 heteroatoms. The molecule has 1 aromatic heterocycles. The molecule has 0 bridgehead atoms. The molecule has 0 spiro atoms. The second-order valence-corrected chi connectivity index (χ2v) is 4.60. The summed E-state index contributed by atoms with van der Waals surface area (Å²) in [4.78, 5) is 22.1.